The smallest absolute Gasteiger partial charge is 0.335 e. The van der Waals surface area contributed by atoms with Gasteiger partial charge in [-0.2, -0.15) is 0 Å². The highest BCUT2D eigenvalue weighted by molar-refractivity contribution is 5.87. The first-order valence-electron chi connectivity index (χ1n) is 5.63. The van der Waals surface area contributed by atoms with Gasteiger partial charge in [0.1, 0.15) is 0 Å². The van der Waals surface area contributed by atoms with Crippen molar-refractivity contribution in [2.45, 2.75) is 27.3 Å². The zero-order valence-electron chi connectivity index (χ0n) is 10.2. The molecule has 1 rings (SSSR count). The molecule has 0 aromatic heterocycles. The van der Waals surface area contributed by atoms with Crippen LogP contribution >= 0.6 is 0 Å². The number of hydrogen-bond donors (Lipinski definition) is 1. The van der Waals surface area contributed by atoms with E-state index < -0.39 is 5.97 Å². The Balaban J connectivity index is 2.86. The maximum Gasteiger partial charge on any atom is 0.335 e. The summed E-state index contributed by atoms with van der Waals surface area (Å²) in [4.78, 5) is 13.1. The van der Waals surface area contributed by atoms with Gasteiger partial charge in [-0.05, 0) is 43.3 Å². The topological polar surface area (TPSA) is 40.5 Å². The number of aromatic carboxylic acids is 1. The van der Waals surface area contributed by atoms with Crippen molar-refractivity contribution in [3.63, 3.8) is 0 Å². The Hall–Kier alpha value is -1.35. The lowest BCUT2D eigenvalue weighted by Crippen LogP contribution is -2.22. The van der Waals surface area contributed by atoms with Crippen LogP contribution in [0.25, 0.3) is 0 Å². The minimum atomic E-state index is -0.863. The van der Waals surface area contributed by atoms with Gasteiger partial charge in [0.05, 0.1) is 5.56 Å². The fraction of sp³-hybridized carbons (Fsp3) is 0.462. The van der Waals surface area contributed by atoms with E-state index in [-0.39, 0.29) is 0 Å². The van der Waals surface area contributed by atoms with Crippen LogP contribution in [0.15, 0.2) is 18.2 Å². The molecule has 0 saturated carbocycles. The molecule has 16 heavy (non-hydrogen) atoms. The van der Waals surface area contributed by atoms with Crippen LogP contribution in [0.2, 0.25) is 0 Å². The van der Waals surface area contributed by atoms with Crippen molar-refractivity contribution >= 4 is 5.97 Å². The van der Waals surface area contributed by atoms with Crippen LogP contribution in [0.4, 0.5) is 0 Å². The Kier molecular flexibility index (Phi) is 4.50. The van der Waals surface area contributed by atoms with Gasteiger partial charge in [-0.15, -0.1) is 0 Å². The Morgan fingerprint density at radius 1 is 1.31 bits per heavy atom. The Labute approximate surface area is 96.7 Å². The van der Waals surface area contributed by atoms with E-state index in [1.54, 1.807) is 12.1 Å². The van der Waals surface area contributed by atoms with Crippen molar-refractivity contribution in [3.8, 4) is 0 Å². The molecule has 0 bridgehead atoms. The van der Waals surface area contributed by atoms with Crippen molar-refractivity contribution in [1.29, 1.82) is 0 Å². The van der Waals surface area contributed by atoms with Gasteiger partial charge in [-0.25, -0.2) is 4.79 Å². The maximum absolute atomic E-state index is 10.8. The molecule has 0 unspecified atom stereocenters. The number of carbonyl (C=O) groups is 1. The molecule has 3 nitrogen and oxygen atoms in total. The second kappa shape index (κ2) is 5.66. The second-order valence-electron chi connectivity index (χ2n) is 3.91. The predicted molar refractivity (Wildman–Crippen MR) is 64.8 cm³/mol. The normalized spacial score (nSPS) is 10.8. The van der Waals surface area contributed by atoms with Crippen molar-refractivity contribution in [2.75, 3.05) is 13.1 Å². The van der Waals surface area contributed by atoms with E-state index in [1.807, 2.05) is 13.0 Å². The lowest BCUT2D eigenvalue weighted by molar-refractivity contribution is 0.0696. The highest BCUT2D eigenvalue weighted by Gasteiger charge is 2.07. The molecule has 0 atom stereocenters. The number of carboxylic acids is 1. The van der Waals surface area contributed by atoms with Gasteiger partial charge < -0.3 is 5.11 Å². The molecule has 0 aliphatic heterocycles. The molecule has 88 valence electrons. The lowest BCUT2D eigenvalue weighted by Gasteiger charge is -2.19. The molecule has 0 amide bonds. The second-order valence-corrected chi connectivity index (χ2v) is 3.91. The van der Waals surface area contributed by atoms with Gasteiger partial charge in [-0.3, -0.25) is 4.90 Å². The van der Waals surface area contributed by atoms with Crippen molar-refractivity contribution in [3.05, 3.63) is 34.9 Å². The van der Waals surface area contributed by atoms with Crippen LogP contribution in [0.3, 0.4) is 0 Å². The standard InChI is InChI=1S/C13H19NO2/c1-4-14(5-2)9-12-7-6-11(13(15)16)8-10(12)3/h6-8H,4-5,9H2,1-3H3,(H,15,16). The summed E-state index contributed by atoms with van der Waals surface area (Å²) in [5.41, 5.74) is 2.61. The van der Waals surface area contributed by atoms with Gasteiger partial charge in [-0.1, -0.05) is 19.9 Å². The minimum Gasteiger partial charge on any atom is -0.478 e. The summed E-state index contributed by atoms with van der Waals surface area (Å²) in [5, 5.41) is 8.86. The lowest BCUT2D eigenvalue weighted by atomic mass is 10.0. The number of rotatable bonds is 5. The average Bonchev–Trinajstić information content (AvgIpc) is 2.27. The molecule has 0 aliphatic carbocycles. The number of hydrogen-bond acceptors (Lipinski definition) is 2. The van der Waals surface area contributed by atoms with Gasteiger partial charge in [0.2, 0.25) is 0 Å². The van der Waals surface area contributed by atoms with Gasteiger partial charge in [0, 0.05) is 6.54 Å². The van der Waals surface area contributed by atoms with Crippen LogP contribution < -0.4 is 0 Å². The zero-order valence-corrected chi connectivity index (χ0v) is 10.2. The van der Waals surface area contributed by atoms with Crippen LogP contribution in [0.1, 0.15) is 35.3 Å². The number of nitrogens with zero attached hydrogens (tertiary/aromatic N) is 1. The summed E-state index contributed by atoms with van der Waals surface area (Å²) in [6, 6.07) is 5.33. The highest BCUT2D eigenvalue weighted by atomic mass is 16.4. The van der Waals surface area contributed by atoms with Crippen molar-refractivity contribution in [1.82, 2.24) is 4.90 Å². The van der Waals surface area contributed by atoms with E-state index in [0.29, 0.717) is 5.56 Å². The Bertz CT molecular complexity index is 370. The summed E-state index contributed by atoms with van der Waals surface area (Å²) in [7, 11) is 0. The van der Waals surface area contributed by atoms with Crippen molar-refractivity contribution in [2.24, 2.45) is 0 Å². The van der Waals surface area contributed by atoms with E-state index in [9.17, 15) is 4.79 Å². The monoisotopic (exact) mass is 221 g/mol. The maximum atomic E-state index is 10.8. The molecule has 3 heteroatoms. The summed E-state index contributed by atoms with van der Waals surface area (Å²) >= 11 is 0. The molecule has 0 fully saturated rings. The number of aryl methyl sites for hydroxylation is 1. The first-order valence-corrected chi connectivity index (χ1v) is 5.63. The summed E-state index contributed by atoms with van der Waals surface area (Å²) in [5.74, 6) is -0.863. The first-order chi connectivity index (χ1) is 7.58. The van der Waals surface area contributed by atoms with E-state index in [1.165, 1.54) is 5.56 Å². The number of benzene rings is 1. The van der Waals surface area contributed by atoms with Crippen LogP contribution in [0.5, 0.6) is 0 Å². The molecule has 1 aromatic rings. The fourth-order valence-corrected chi connectivity index (χ4v) is 1.69. The molecule has 0 spiro atoms. The molecule has 0 radical (unpaired) electrons. The van der Waals surface area contributed by atoms with Crippen molar-refractivity contribution < 1.29 is 9.90 Å². The third-order valence-electron chi connectivity index (χ3n) is 2.88. The molecule has 1 N–H and O–H groups in total. The summed E-state index contributed by atoms with van der Waals surface area (Å²) in [6.45, 7) is 9.13. The Morgan fingerprint density at radius 3 is 2.38 bits per heavy atom. The van der Waals surface area contributed by atoms with Crippen LogP contribution in [-0.4, -0.2) is 29.1 Å². The fourth-order valence-electron chi connectivity index (χ4n) is 1.69. The number of carboxylic acid groups (broad SMARTS) is 1. The molecular weight excluding hydrogens is 202 g/mol. The van der Waals surface area contributed by atoms with E-state index in [0.717, 1.165) is 25.2 Å². The SMILES string of the molecule is CCN(CC)Cc1ccc(C(=O)O)cc1C. The molecule has 0 saturated heterocycles. The van der Waals surface area contributed by atoms with Gasteiger partial charge >= 0.3 is 5.97 Å². The van der Waals surface area contributed by atoms with Gasteiger partial charge in [0.15, 0.2) is 0 Å². The minimum absolute atomic E-state index is 0.362. The third kappa shape index (κ3) is 3.07. The zero-order chi connectivity index (χ0) is 12.1. The van der Waals surface area contributed by atoms with Crippen LogP contribution in [-0.2, 0) is 6.54 Å². The Morgan fingerprint density at radius 2 is 1.94 bits per heavy atom. The molecular formula is C13H19NO2. The molecule has 0 aliphatic rings. The average molecular weight is 221 g/mol. The van der Waals surface area contributed by atoms with E-state index >= 15 is 0 Å². The third-order valence-corrected chi connectivity index (χ3v) is 2.88. The quantitative estimate of drug-likeness (QED) is 0.830. The van der Waals surface area contributed by atoms with Gasteiger partial charge in [0.25, 0.3) is 0 Å². The van der Waals surface area contributed by atoms with E-state index in [4.69, 9.17) is 5.11 Å². The van der Waals surface area contributed by atoms with E-state index in [2.05, 4.69) is 18.7 Å². The predicted octanol–water partition coefficient (Wildman–Crippen LogP) is 2.54. The largest absolute Gasteiger partial charge is 0.478 e. The summed E-state index contributed by atoms with van der Waals surface area (Å²) in [6.07, 6.45) is 0. The summed E-state index contributed by atoms with van der Waals surface area (Å²) < 4.78 is 0. The first kappa shape index (κ1) is 12.7. The van der Waals surface area contributed by atoms with Crippen LogP contribution in [0, 0.1) is 6.92 Å². The highest BCUT2D eigenvalue weighted by Crippen LogP contribution is 2.13. The molecule has 1 aromatic carbocycles. The molecule has 0 heterocycles.